The summed E-state index contributed by atoms with van der Waals surface area (Å²) in [6, 6.07) is 3.52. The molecule has 1 aromatic heterocycles. The molecule has 6 heteroatoms. The number of rotatable bonds is 5. The molecule has 2 aromatic rings. The fourth-order valence-electron chi connectivity index (χ4n) is 2.16. The van der Waals surface area contributed by atoms with Crippen LogP contribution in [0.5, 0.6) is 11.5 Å². The van der Waals surface area contributed by atoms with E-state index in [2.05, 4.69) is 15.3 Å². The van der Waals surface area contributed by atoms with Gasteiger partial charge in [0.2, 0.25) is 5.95 Å². The molecule has 0 saturated carbocycles. The molecule has 0 aliphatic rings. The number of H-pyrrole nitrogens is 1. The lowest BCUT2D eigenvalue weighted by Gasteiger charge is -2.21. The lowest BCUT2D eigenvalue weighted by molar-refractivity contribution is 0.336. The van der Waals surface area contributed by atoms with Crippen molar-refractivity contribution in [2.24, 2.45) is 0 Å². The molecule has 6 nitrogen and oxygen atoms in total. The van der Waals surface area contributed by atoms with Crippen molar-refractivity contribution in [3.8, 4) is 11.5 Å². The van der Waals surface area contributed by atoms with E-state index in [-0.39, 0.29) is 11.1 Å². The second kappa shape index (κ2) is 6.25. The third kappa shape index (κ3) is 3.50. The Labute approximate surface area is 129 Å². The Bertz CT molecular complexity index is 717. The van der Waals surface area contributed by atoms with Gasteiger partial charge < -0.3 is 14.8 Å². The number of benzene rings is 1. The summed E-state index contributed by atoms with van der Waals surface area (Å²) in [5.74, 6) is 1.50. The Hall–Kier alpha value is -2.24. The topological polar surface area (TPSA) is 76.2 Å². The molecule has 0 aliphatic carbocycles. The Morgan fingerprint density at radius 2 is 1.73 bits per heavy atom. The Kier molecular flexibility index (Phi) is 4.59. The van der Waals surface area contributed by atoms with Crippen LogP contribution in [-0.2, 0) is 0 Å². The second-order valence-corrected chi connectivity index (χ2v) is 5.94. The van der Waals surface area contributed by atoms with Crippen LogP contribution in [0.1, 0.15) is 34.6 Å². The molecule has 0 saturated heterocycles. The van der Waals surface area contributed by atoms with Gasteiger partial charge >= 0.3 is 0 Å². The molecule has 0 radical (unpaired) electrons. The summed E-state index contributed by atoms with van der Waals surface area (Å²) in [6.07, 6.45) is 0. The maximum Gasteiger partial charge on any atom is 0.264 e. The highest BCUT2D eigenvalue weighted by Crippen LogP contribution is 2.30. The molecule has 0 unspecified atom stereocenters. The van der Waals surface area contributed by atoms with E-state index >= 15 is 0 Å². The van der Waals surface area contributed by atoms with E-state index in [0.29, 0.717) is 41.6 Å². The molecule has 0 fully saturated rings. The molecule has 0 amide bonds. The molecule has 2 N–H and O–H groups in total. The van der Waals surface area contributed by atoms with Crippen LogP contribution in [0, 0.1) is 0 Å². The fourth-order valence-corrected chi connectivity index (χ4v) is 2.16. The summed E-state index contributed by atoms with van der Waals surface area (Å²) in [4.78, 5) is 19.7. The first-order valence-corrected chi connectivity index (χ1v) is 7.46. The Balaban J connectivity index is 2.67. The molecule has 120 valence electrons. The summed E-state index contributed by atoms with van der Waals surface area (Å²) in [5, 5.41) is 3.58. The molecule has 2 rings (SSSR count). The summed E-state index contributed by atoms with van der Waals surface area (Å²) in [5.41, 5.74) is 0.0393. The highest BCUT2D eigenvalue weighted by atomic mass is 16.5. The van der Waals surface area contributed by atoms with Crippen molar-refractivity contribution in [2.45, 2.75) is 40.2 Å². The van der Waals surface area contributed by atoms with E-state index in [4.69, 9.17) is 9.47 Å². The largest absolute Gasteiger partial charge is 0.493 e. The van der Waals surface area contributed by atoms with Crippen molar-refractivity contribution in [3.63, 3.8) is 0 Å². The molecule has 0 spiro atoms. The minimum Gasteiger partial charge on any atom is -0.493 e. The first kappa shape index (κ1) is 16.1. The van der Waals surface area contributed by atoms with E-state index in [1.807, 2.05) is 34.6 Å². The first-order chi connectivity index (χ1) is 10.4. The third-order valence-corrected chi connectivity index (χ3v) is 2.88. The van der Waals surface area contributed by atoms with Gasteiger partial charge in [0, 0.05) is 5.54 Å². The summed E-state index contributed by atoms with van der Waals surface area (Å²) >= 11 is 0. The number of ether oxygens (including phenoxy) is 2. The van der Waals surface area contributed by atoms with Crippen molar-refractivity contribution >= 4 is 16.9 Å². The minimum atomic E-state index is -0.248. The van der Waals surface area contributed by atoms with Gasteiger partial charge in [-0.2, -0.15) is 0 Å². The maximum absolute atomic E-state index is 12.5. The number of nitrogens with zero attached hydrogens (tertiary/aromatic N) is 1. The fraction of sp³-hybridized carbons (Fsp3) is 0.500. The zero-order valence-electron chi connectivity index (χ0n) is 13.7. The van der Waals surface area contributed by atoms with Crippen LogP contribution in [-0.4, -0.2) is 28.7 Å². The van der Waals surface area contributed by atoms with Crippen molar-refractivity contribution in [1.82, 2.24) is 9.97 Å². The number of anilines is 1. The molecule has 22 heavy (non-hydrogen) atoms. The molecular formula is C16H23N3O3. The highest BCUT2D eigenvalue weighted by Gasteiger charge is 2.17. The van der Waals surface area contributed by atoms with Crippen LogP contribution >= 0.6 is 0 Å². The van der Waals surface area contributed by atoms with Crippen LogP contribution in [0.2, 0.25) is 0 Å². The zero-order valence-corrected chi connectivity index (χ0v) is 13.7. The average Bonchev–Trinajstić information content (AvgIpc) is 2.39. The van der Waals surface area contributed by atoms with Crippen LogP contribution in [0.4, 0.5) is 5.95 Å². The molecular weight excluding hydrogens is 282 g/mol. The van der Waals surface area contributed by atoms with Gasteiger partial charge in [-0.05, 0) is 46.8 Å². The third-order valence-electron chi connectivity index (χ3n) is 2.88. The van der Waals surface area contributed by atoms with Gasteiger partial charge in [-0.3, -0.25) is 9.78 Å². The smallest absolute Gasteiger partial charge is 0.264 e. The monoisotopic (exact) mass is 305 g/mol. The lowest BCUT2D eigenvalue weighted by Crippen LogP contribution is -2.29. The van der Waals surface area contributed by atoms with Crippen molar-refractivity contribution in [3.05, 3.63) is 22.5 Å². The molecule has 1 aromatic carbocycles. The number of aromatic nitrogens is 2. The van der Waals surface area contributed by atoms with E-state index in [1.165, 1.54) is 0 Å². The van der Waals surface area contributed by atoms with Gasteiger partial charge in [0.05, 0.1) is 13.2 Å². The lowest BCUT2D eigenvalue weighted by atomic mass is 10.1. The highest BCUT2D eigenvalue weighted by molar-refractivity contribution is 5.90. The van der Waals surface area contributed by atoms with Gasteiger partial charge in [-0.15, -0.1) is 0 Å². The summed E-state index contributed by atoms with van der Waals surface area (Å²) < 4.78 is 11.1. The van der Waals surface area contributed by atoms with Gasteiger partial charge in [-0.25, -0.2) is 4.98 Å². The van der Waals surface area contributed by atoms with Crippen LogP contribution in [0.25, 0.3) is 10.9 Å². The standard InChI is InChI=1S/C16H23N3O3/c1-6-21-10-8-9-11(22-7-2)13-12(10)14(20)18-15(17-13)19-16(3,4)5/h8-9H,6-7H2,1-5H3,(H2,17,18,19,20). The van der Waals surface area contributed by atoms with Crippen LogP contribution < -0.4 is 20.3 Å². The Morgan fingerprint density at radius 3 is 2.32 bits per heavy atom. The predicted molar refractivity (Wildman–Crippen MR) is 88.1 cm³/mol. The number of fused-ring (bicyclic) bond motifs is 1. The molecule has 0 aliphatic heterocycles. The number of hydrogen-bond donors (Lipinski definition) is 2. The molecule has 1 heterocycles. The van der Waals surface area contributed by atoms with E-state index in [0.717, 1.165) is 0 Å². The van der Waals surface area contributed by atoms with Gasteiger partial charge in [0.25, 0.3) is 5.56 Å². The van der Waals surface area contributed by atoms with Crippen molar-refractivity contribution < 1.29 is 9.47 Å². The SMILES string of the molecule is CCOc1ccc(OCC)c2c(=O)[nH]c(NC(C)(C)C)nc12. The maximum atomic E-state index is 12.5. The van der Waals surface area contributed by atoms with Crippen LogP contribution in [0.15, 0.2) is 16.9 Å². The number of hydrogen-bond acceptors (Lipinski definition) is 5. The van der Waals surface area contributed by atoms with Gasteiger partial charge in [0.1, 0.15) is 22.4 Å². The molecule has 0 bridgehead atoms. The quantitative estimate of drug-likeness (QED) is 0.888. The predicted octanol–water partition coefficient (Wildman–Crippen LogP) is 2.93. The second-order valence-electron chi connectivity index (χ2n) is 5.94. The van der Waals surface area contributed by atoms with E-state index in [1.54, 1.807) is 12.1 Å². The van der Waals surface area contributed by atoms with Crippen LogP contribution in [0.3, 0.4) is 0 Å². The first-order valence-electron chi connectivity index (χ1n) is 7.46. The summed E-state index contributed by atoms with van der Waals surface area (Å²) in [6.45, 7) is 10.7. The zero-order chi connectivity index (χ0) is 16.3. The normalized spacial score (nSPS) is 11.5. The van der Waals surface area contributed by atoms with Gasteiger partial charge in [0.15, 0.2) is 0 Å². The molecule has 0 atom stereocenters. The number of nitrogens with one attached hydrogen (secondary N) is 2. The van der Waals surface area contributed by atoms with E-state index < -0.39 is 0 Å². The minimum absolute atomic E-state index is 0.215. The van der Waals surface area contributed by atoms with E-state index in [9.17, 15) is 4.79 Å². The number of aromatic amines is 1. The van der Waals surface area contributed by atoms with Crippen molar-refractivity contribution in [1.29, 1.82) is 0 Å². The summed E-state index contributed by atoms with van der Waals surface area (Å²) in [7, 11) is 0. The van der Waals surface area contributed by atoms with Gasteiger partial charge in [-0.1, -0.05) is 0 Å². The average molecular weight is 305 g/mol. The Morgan fingerprint density at radius 1 is 1.14 bits per heavy atom. The van der Waals surface area contributed by atoms with Crippen molar-refractivity contribution in [2.75, 3.05) is 18.5 Å².